The van der Waals surface area contributed by atoms with E-state index in [2.05, 4.69) is 12.2 Å². The van der Waals surface area contributed by atoms with E-state index in [4.69, 9.17) is 5.11 Å². The van der Waals surface area contributed by atoms with Crippen molar-refractivity contribution in [3.63, 3.8) is 0 Å². The molecule has 9 heavy (non-hydrogen) atoms. The van der Waals surface area contributed by atoms with Gasteiger partial charge in [0, 0.05) is 6.61 Å². The van der Waals surface area contributed by atoms with E-state index in [0.29, 0.717) is 6.42 Å². The smallest absolute Gasteiger partial charge is 0.867 e. The molecule has 0 saturated heterocycles. The van der Waals surface area contributed by atoms with Crippen molar-refractivity contribution in [1.29, 1.82) is 0 Å². The van der Waals surface area contributed by atoms with E-state index in [1.165, 1.54) is 0 Å². The van der Waals surface area contributed by atoms with Crippen molar-refractivity contribution in [3.8, 4) is 0 Å². The second-order valence-electron chi connectivity index (χ2n) is 1.73. The predicted molar refractivity (Wildman–Crippen MR) is 33.5 cm³/mol. The van der Waals surface area contributed by atoms with Crippen LogP contribution in [-0.2, 0) is 0 Å². The van der Waals surface area contributed by atoms with Gasteiger partial charge in [0.05, 0.1) is 0 Å². The minimum absolute atomic E-state index is 0. The quantitative estimate of drug-likeness (QED) is 0.344. The zero-order valence-electron chi connectivity index (χ0n) is 5.76. The normalized spacial score (nSPS) is 11.8. The topological polar surface area (TPSA) is 43.3 Å². The van der Waals surface area contributed by atoms with Gasteiger partial charge in [-0.25, -0.2) is 0 Å². The summed E-state index contributed by atoms with van der Waals surface area (Å²) in [6.45, 7) is 1.76. The number of thiocarbonyl (C=S) groups is 1. The number of aliphatic hydroxyl groups is 1. The third-order valence-corrected chi connectivity index (χ3v) is 1.37. The first-order valence-electron chi connectivity index (χ1n) is 2.50. The Morgan fingerprint density at radius 1 is 1.78 bits per heavy atom. The van der Waals surface area contributed by atoms with E-state index in [0.717, 1.165) is 0 Å². The SMILES string of the molecule is CC(CCO)C([O-])=S.[Na+]. The van der Waals surface area contributed by atoms with Crippen LogP contribution in [-0.4, -0.2) is 16.8 Å². The van der Waals surface area contributed by atoms with Gasteiger partial charge in [0.2, 0.25) is 0 Å². The van der Waals surface area contributed by atoms with Crippen LogP contribution in [0.15, 0.2) is 0 Å². The Balaban J connectivity index is 0. The molecule has 0 aromatic rings. The Morgan fingerprint density at radius 2 is 2.22 bits per heavy atom. The predicted octanol–water partition coefficient (Wildman–Crippen LogP) is -3.30. The van der Waals surface area contributed by atoms with Gasteiger partial charge in [-0.2, -0.15) is 0 Å². The molecule has 1 unspecified atom stereocenters. The summed E-state index contributed by atoms with van der Waals surface area (Å²) in [6.07, 6.45) is 0.488. The standard InChI is InChI=1S/C5H10O2S.Na/c1-4(2-3-6)5(7)8;/h4,6H,2-3H2,1H3,(H,7,8);/q;+1/p-1. The molecule has 48 valence electrons. The van der Waals surface area contributed by atoms with E-state index in [1.807, 2.05) is 0 Å². The Hall–Kier alpha value is 0.850. The molecule has 0 amide bonds. The molecule has 0 fully saturated rings. The van der Waals surface area contributed by atoms with Crippen LogP contribution in [0.1, 0.15) is 13.3 Å². The van der Waals surface area contributed by atoms with Gasteiger partial charge in [0.15, 0.2) is 0 Å². The molecule has 4 heteroatoms. The van der Waals surface area contributed by atoms with Crippen LogP contribution in [0, 0.1) is 5.92 Å². The first kappa shape index (κ1) is 12.5. The molecular formula is C5H9NaO2S. The summed E-state index contributed by atoms with van der Waals surface area (Å²) in [7, 11) is 0. The Kier molecular flexibility index (Phi) is 9.69. The Labute approximate surface area is 82.6 Å². The van der Waals surface area contributed by atoms with Crippen LogP contribution in [0.4, 0.5) is 0 Å². The van der Waals surface area contributed by atoms with Gasteiger partial charge in [-0.05, 0) is 12.3 Å². The summed E-state index contributed by atoms with van der Waals surface area (Å²) in [6, 6.07) is 0. The summed E-state index contributed by atoms with van der Waals surface area (Å²) in [5.74, 6) is -0.157. The van der Waals surface area contributed by atoms with Crippen LogP contribution in [0.3, 0.4) is 0 Å². The van der Waals surface area contributed by atoms with E-state index >= 15 is 0 Å². The van der Waals surface area contributed by atoms with Gasteiger partial charge in [0.25, 0.3) is 0 Å². The molecule has 0 heterocycles. The first-order chi connectivity index (χ1) is 3.68. The van der Waals surface area contributed by atoms with Gasteiger partial charge in [-0.1, -0.05) is 12.0 Å². The van der Waals surface area contributed by atoms with E-state index in [1.54, 1.807) is 6.92 Å². The van der Waals surface area contributed by atoms with Gasteiger partial charge in [-0.3, -0.25) is 0 Å². The number of aliphatic hydroxyl groups excluding tert-OH is 1. The minimum Gasteiger partial charge on any atom is -0.867 e. The fourth-order valence-corrected chi connectivity index (χ4v) is 0.429. The van der Waals surface area contributed by atoms with Crippen LogP contribution in [0.2, 0.25) is 0 Å². The summed E-state index contributed by atoms with van der Waals surface area (Å²) >= 11 is 4.32. The van der Waals surface area contributed by atoms with Crippen molar-refractivity contribution >= 4 is 17.3 Å². The van der Waals surface area contributed by atoms with Crippen molar-refractivity contribution in [1.82, 2.24) is 0 Å². The molecule has 0 aliphatic heterocycles. The van der Waals surface area contributed by atoms with E-state index < -0.39 is 0 Å². The van der Waals surface area contributed by atoms with Gasteiger partial charge in [0.1, 0.15) is 0 Å². The van der Waals surface area contributed by atoms with Crippen molar-refractivity contribution in [3.05, 3.63) is 0 Å². The summed E-state index contributed by atoms with van der Waals surface area (Å²) in [5.41, 5.74) is 0. The fourth-order valence-electron chi connectivity index (χ4n) is 0.312. The third kappa shape index (κ3) is 6.74. The largest absolute Gasteiger partial charge is 1.00 e. The minimum atomic E-state index is -0.265. The maximum atomic E-state index is 10.2. The van der Waals surface area contributed by atoms with Crippen molar-refractivity contribution in [2.24, 2.45) is 5.92 Å². The summed E-state index contributed by atoms with van der Waals surface area (Å²) in [5, 5.41) is 18.3. The number of hydrogen-bond donors (Lipinski definition) is 1. The van der Waals surface area contributed by atoms with Crippen LogP contribution in [0.5, 0.6) is 0 Å². The van der Waals surface area contributed by atoms with Crippen molar-refractivity contribution in [2.45, 2.75) is 13.3 Å². The van der Waals surface area contributed by atoms with E-state index in [9.17, 15) is 5.11 Å². The second kappa shape index (κ2) is 6.96. The third-order valence-electron chi connectivity index (χ3n) is 0.964. The van der Waals surface area contributed by atoms with Crippen molar-refractivity contribution in [2.75, 3.05) is 6.61 Å². The molecule has 0 saturated carbocycles. The monoisotopic (exact) mass is 156 g/mol. The molecule has 2 nitrogen and oxygen atoms in total. The van der Waals surface area contributed by atoms with Gasteiger partial charge >= 0.3 is 29.6 Å². The molecule has 0 aromatic carbocycles. The molecule has 0 radical (unpaired) electrons. The van der Waals surface area contributed by atoms with Gasteiger partial charge < -0.3 is 10.2 Å². The molecule has 1 atom stereocenters. The van der Waals surface area contributed by atoms with E-state index in [-0.39, 0.29) is 47.1 Å². The molecule has 0 aliphatic rings. The number of rotatable bonds is 3. The maximum absolute atomic E-state index is 10.2. The average molecular weight is 156 g/mol. The zero-order valence-corrected chi connectivity index (χ0v) is 8.57. The van der Waals surface area contributed by atoms with Gasteiger partial charge in [-0.15, -0.1) is 12.2 Å². The second-order valence-corrected chi connectivity index (χ2v) is 2.13. The van der Waals surface area contributed by atoms with Crippen LogP contribution >= 0.6 is 12.2 Å². The molecule has 0 rings (SSSR count). The van der Waals surface area contributed by atoms with Crippen LogP contribution < -0.4 is 34.7 Å². The first-order valence-corrected chi connectivity index (χ1v) is 2.91. The molecule has 0 aromatic heterocycles. The molecule has 0 aliphatic carbocycles. The molecular weight excluding hydrogens is 147 g/mol. The Morgan fingerprint density at radius 3 is 2.33 bits per heavy atom. The average Bonchev–Trinajstić information content (AvgIpc) is 1.67. The molecule has 0 bridgehead atoms. The zero-order chi connectivity index (χ0) is 6.57. The summed E-state index contributed by atoms with van der Waals surface area (Å²) < 4.78 is 0. The fraction of sp³-hybridized carbons (Fsp3) is 0.800. The molecule has 1 N–H and O–H groups in total. The molecule has 0 spiro atoms. The maximum Gasteiger partial charge on any atom is 1.00 e. The number of hydrogen-bond acceptors (Lipinski definition) is 3. The Bertz CT molecular complexity index is 87.0. The van der Waals surface area contributed by atoms with Crippen molar-refractivity contribution < 1.29 is 39.8 Å². The van der Waals surface area contributed by atoms with Crippen LogP contribution in [0.25, 0.3) is 0 Å². The summed E-state index contributed by atoms with van der Waals surface area (Å²) in [4.78, 5) is 0.